The number of carbonyl (C=O) groups is 1. The molecule has 2 aromatic rings. The van der Waals surface area contributed by atoms with Crippen LogP contribution < -0.4 is 5.32 Å². The van der Waals surface area contributed by atoms with Gasteiger partial charge in [0.05, 0.1) is 6.33 Å². The molecule has 0 bridgehead atoms. The molecule has 0 amide bonds. The Bertz CT molecular complexity index is 865. The Morgan fingerprint density at radius 3 is 2.77 bits per heavy atom. The van der Waals surface area contributed by atoms with E-state index in [2.05, 4.69) is 20.3 Å². The van der Waals surface area contributed by atoms with E-state index >= 15 is 4.39 Å². The third kappa shape index (κ3) is 2.45. The van der Waals surface area contributed by atoms with E-state index in [1.807, 2.05) is 0 Å². The Morgan fingerprint density at radius 2 is 2.12 bits per heavy atom. The summed E-state index contributed by atoms with van der Waals surface area (Å²) in [4.78, 5) is 24.4. The first-order valence-electron chi connectivity index (χ1n) is 8.72. The first-order valence-corrected chi connectivity index (χ1v) is 8.72. The summed E-state index contributed by atoms with van der Waals surface area (Å²) in [6.07, 6.45) is 3.43. The summed E-state index contributed by atoms with van der Waals surface area (Å²) in [6, 6.07) is 0.403. The maximum atomic E-state index is 15.8. The average Bonchev–Trinajstić information content (AvgIpc) is 3.24. The Hall–Kier alpha value is -2.29. The van der Waals surface area contributed by atoms with E-state index < -0.39 is 29.6 Å². The highest BCUT2D eigenvalue weighted by Gasteiger charge is 2.65. The van der Waals surface area contributed by atoms with Gasteiger partial charge in [0.15, 0.2) is 34.5 Å². The molecule has 8 nitrogen and oxygen atoms in total. The molecule has 1 aliphatic carbocycles. The number of aromatic nitrogens is 4. The average molecular weight is 363 g/mol. The summed E-state index contributed by atoms with van der Waals surface area (Å²) in [5, 5.41) is 3.30. The summed E-state index contributed by atoms with van der Waals surface area (Å²) in [6.45, 7) is 5.87. The van der Waals surface area contributed by atoms with Crippen LogP contribution in [0.4, 0.5) is 10.2 Å². The van der Waals surface area contributed by atoms with Crippen LogP contribution in [0.1, 0.15) is 46.8 Å². The van der Waals surface area contributed by atoms with Gasteiger partial charge >= 0.3 is 5.97 Å². The molecule has 2 aromatic heterocycles. The summed E-state index contributed by atoms with van der Waals surface area (Å²) in [5.74, 6) is 0.0758. The molecule has 2 fully saturated rings. The predicted molar refractivity (Wildman–Crippen MR) is 91.2 cm³/mol. The van der Waals surface area contributed by atoms with Gasteiger partial charge in [0.1, 0.15) is 12.4 Å². The van der Waals surface area contributed by atoms with Crippen LogP contribution >= 0.6 is 0 Å². The van der Waals surface area contributed by atoms with Gasteiger partial charge in [0.2, 0.25) is 0 Å². The predicted octanol–water partition coefficient (Wildman–Crippen LogP) is 2.37. The number of anilines is 1. The Kier molecular flexibility index (Phi) is 3.69. The fraction of sp³-hybridized carbons (Fsp3) is 0.647. The molecule has 1 unspecified atom stereocenters. The van der Waals surface area contributed by atoms with Gasteiger partial charge in [-0.1, -0.05) is 0 Å². The van der Waals surface area contributed by atoms with Crippen LogP contribution in [0.15, 0.2) is 12.7 Å². The van der Waals surface area contributed by atoms with Gasteiger partial charge in [-0.3, -0.25) is 9.36 Å². The van der Waals surface area contributed by atoms with Crippen LogP contribution in [0.2, 0.25) is 0 Å². The second-order valence-corrected chi connectivity index (χ2v) is 7.37. The lowest BCUT2D eigenvalue weighted by Gasteiger charge is -2.36. The van der Waals surface area contributed by atoms with Gasteiger partial charge in [-0.05, 0) is 33.6 Å². The fourth-order valence-electron chi connectivity index (χ4n) is 3.45. The van der Waals surface area contributed by atoms with Crippen molar-refractivity contribution in [1.82, 2.24) is 19.5 Å². The third-order valence-corrected chi connectivity index (χ3v) is 5.43. The molecule has 9 heteroatoms. The second-order valence-electron chi connectivity index (χ2n) is 7.37. The molecule has 3 heterocycles. The number of alkyl halides is 1. The molecule has 0 spiro atoms. The van der Waals surface area contributed by atoms with Gasteiger partial charge in [-0.2, -0.15) is 0 Å². The second kappa shape index (κ2) is 5.60. The molecular formula is C17H22FN5O3. The number of hydrogen-bond acceptors (Lipinski definition) is 7. The molecule has 0 radical (unpaired) electrons. The minimum Gasteiger partial charge on any atom is -0.453 e. The van der Waals surface area contributed by atoms with Crippen molar-refractivity contribution in [3.8, 4) is 0 Å². The molecule has 2 aliphatic rings. The summed E-state index contributed by atoms with van der Waals surface area (Å²) < 4.78 is 28.6. The van der Waals surface area contributed by atoms with E-state index in [0.717, 1.165) is 12.8 Å². The Morgan fingerprint density at radius 1 is 1.38 bits per heavy atom. The van der Waals surface area contributed by atoms with Gasteiger partial charge in [0, 0.05) is 13.0 Å². The number of imidazole rings is 1. The van der Waals surface area contributed by atoms with Crippen molar-refractivity contribution >= 4 is 23.0 Å². The van der Waals surface area contributed by atoms with E-state index in [0.29, 0.717) is 23.0 Å². The molecule has 26 heavy (non-hydrogen) atoms. The van der Waals surface area contributed by atoms with Crippen LogP contribution in [0.25, 0.3) is 11.2 Å². The number of fused-ring (bicyclic) bond motifs is 1. The van der Waals surface area contributed by atoms with Crippen LogP contribution in [0.5, 0.6) is 0 Å². The van der Waals surface area contributed by atoms with Crippen molar-refractivity contribution in [2.75, 3.05) is 5.32 Å². The summed E-state index contributed by atoms with van der Waals surface area (Å²) in [5.41, 5.74) is -2.38. The summed E-state index contributed by atoms with van der Waals surface area (Å²) in [7, 11) is 0. The van der Waals surface area contributed by atoms with Crippen molar-refractivity contribution in [1.29, 1.82) is 0 Å². The number of rotatable bonds is 4. The highest BCUT2D eigenvalue weighted by atomic mass is 19.1. The topological polar surface area (TPSA) is 91.2 Å². The first-order chi connectivity index (χ1) is 12.2. The molecule has 1 saturated carbocycles. The minimum atomic E-state index is -1.99. The van der Waals surface area contributed by atoms with Gasteiger partial charge in [-0.15, -0.1) is 0 Å². The van der Waals surface area contributed by atoms with Gasteiger partial charge < -0.3 is 14.8 Å². The smallest absolute Gasteiger partial charge is 0.303 e. The SMILES string of the molecule is CC(=O)O[C@@]1(C)[C@@H](C)OC(n2cnc3c(NC4CC4)ncnc32)[C@]1(C)F. The molecular weight excluding hydrogens is 341 g/mol. The van der Waals surface area contributed by atoms with Crippen molar-refractivity contribution in [3.63, 3.8) is 0 Å². The summed E-state index contributed by atoms with van der Waals surface area (Å²) >= 11 is 0. The number of carbonyl (C=O) groups excluding carboxylic acids is 1. The number of hydrogen-bond donors (Lipinski definition) is 1. The molecule has 140 valence electrons. The zero-order valence-corrected chi connectivity index (χ0v) is 15.2. The number of halogens is 1. The fourth-order valence-corrected chi connectivity index (χ4v) is 3.45. The maximum Gasteiger partial charge on any atom is 0.303 e. The van der Waals surface area contributed by atoms with E-state index in [-0.39, 0.29) is 0 Å². The largest absolute Gasteiger partial charge is 0.453 e. The van der Waals surface area contributed by atoms with E-state index in [1.165, 1.54) is 26.5 Å². The van der Waals surface area contributed by atoms with Crippen molar-refractivity contribution < 1.29 is 18.7 Å². The molecule has 4 rings (SSSR count). The molecule has 1 saturated heterocycles. The lowest BCUT2D eigenvalue weighted by molar-refractivity contribution is -0.172. The van der Waals surface area contributed by atoms with E-state index in [1.54, 1.807) is 18.4 Å². The van der Waals surface area contributed by atoms with Crippen molar-refractivity contribution in [3.05, 3.63) is 12.7 Å². The Labute approximate surface area is 150 Å². The van der Waals surface area contributed by atoms with Crippen molar-refractivity contribution in [2.24, 2.45) is 0 Å². The highest BCUT2D eigenvalue weighted by molar-refractivity contribution is 5.83. The Balaban J connectivity index is 1.74. The monoisotopic (exact) mass is 363 g/mol. The number of nitrogens with zero attached hydrogens (tertiary/aromatic N) is 4. The lowest BCUT2D eigenvalue weighted by atomic mass is 9.84. The van der Waals surface area contributed by atoms with Crippen LogP contribution in [-0.4, -0.2) is 48.9 Å². The van der Waals surface area contributed by atoms with Gasteiger partial charge in [-0.25, -0.2) is 19.3 Å². The van der Waals surface area contributed by atoms with Crippen molar-refractivity contribution in [2.45, 2.75) is 70.2 Å². The molecule has 1 N–H and O–H groups in total. The third-order valence-electron chi connectivity index (χ3n) is 5.43. The standard InChI is InChI=1S/C17H22FN5O3/c1-9-17(4,26-10(2)24)16(3,18)15(25-9)23-8-21-12-13(22-11-5-6-11)19-7-20-14(12)23/h7-9,11,15H,5-6H2,1-4H3,(H,19,20,22)/t9-,15?,16+,17+/m1/s1. The molecule has 4 atom stereocenters. The number of nitrogens with one attached hydrogen (secondary N) is 1. The normalized spacial score (nSPS) is 34.2. The minimum absolute atomic E-state index is 0.403. The molecule has 1 aliphatic heterocycles. The lowest BCUT2D eigenvalue weighted by Crippen LogP contribution is -2.53. The zero-order chi connectivity index (χ0) is 18.7. The first kappa shape index (κ1) is 17.1. The van der Waals surface area contributed by atoms with Crippen LogP contribution in [-0.2, 0) is 14.3 Å². The maximum absolute atomic E-state index is 15.8. The van der Waals surface area contributed by atoms with E-state index in [4.69, 9.17) is 9.47 Å². The quantitative estimate of drug-likeness (QED) is 0.834. The number of ether oxygens (including phenoxy) is 2. The van der Waals surface area contributed by atoms with Crippen LogP contribution in [0.3, 0.4) is 0 Å². The zero-order valence-electron chi connectivity index (χ0n) is 15.2. The number of esters is 1. The van der Waals surface area contributed by atoms with E-state index in [9.17, 15) is 4.79 Å². The van der Waals surface area contributed by atoms with Crippen LogP contribution in [0, 0.1) is 0 Å². The van der Waals surface area contributed by atoms with Gasteiger partial charge in [0.25, 0.3) is 0 Å². The molecule has 0 aromatic carbocycles. The highest BCUT2D eigenvalue weighted by Crippen LogP contribution is 2.50.